The highest BCUT2D eigenvalue weighted by atomic mass is 32.2. The van der Waals surface area contributed by atoms with Gasteiger partial charge in [-0.15, -0.1) is 0 Å². The Kier molecular flexibility index (Phi) is 3.98. The van der Waals surface area contributed by atoms with Crippen LogP contribution in [0.3, 0.4) is 0 Å². The highest BCUT2D eigenvalue weighted by Crippen LogP contribution is 2.32. The first-order valence-electron chi connectivity index (χ1n) is 7.23. The molecule has 3 aromatic rings. The number of hydrogen-bond donors (Lipinski definition) is 0. The summed E-state index contributed by atoms with van der Waals surface area (Å²) >= 11 is 0. The maximum atomic E-state index is 13.7. The minimum absolute atomic E-state index is 0.405. The van der Waals surface area contributed by atoms with Gasteiger partial charge in [-0.25, -0.2) is 4.21 Å². The van der Waals surface area contributed by atoms with Gasteiger partial charge in [0.2, 0.25) is 0 Å². The van der Waals surface area contributed by atoms with Gasteiger partial charge >= 0.3 is 5.92 Å². The number of aryl methyl sites for hydroxylation is 2. The van der Waals surface area contributed by atoms with Crippen LogP contribution in [-0.2, 0) is 16.9 Å². The number of hydrogen-bond acceptors (Lipinski definition) is 2. The molecule has 0 spiro atoms. The maximum Gasteiger partial charge on any atom is 0.357 e. The molecule has 2 aromatic carbocycles. The Labute approximate surface area is 140 Å². The largest absolute Gasteiger partial charge is 0.357 e. The minimum atomic E-state index is -3.58. The Balaban J connectivity index is 2.17. The molecule has 0 radical (unpaired) electrons. The van der Waals surface area contributed by atoms with Crippen molar-refractivity contribution >= 4 is 21.9 Å². The van der Waals surface area contributed by atoms with Crippen molar-refractivity contribution in [2.24, 2.45) is 0 Å². The van der Waals surface area contributed by atoms with E-state index >= 15 is 0 Å². The SMILES string of the molecule is Cc1ccc(S(=O)n2cc(C)c3ccc(C(F)(F)C#N)cc32)cc1. The van der Waals surface area contributed by atoms with E-state index in [4.69, 9.17) is 5.26 Å². The first-order chi connectivity index (χ1) is 11.3. The summed E-state index contributed by atoms with van der Waals surface area (Å²) < 4.78 is 41.6. The third-order valence-electron chi connectivity index (χ3n) is 3.88. The minimum Gasteiger partial charge on any atom is -0.262 e. The zero-order valence-electron chi connectivity index (χ0n) is 13.1. The molecule has 0 aliphatic heterocycles. The van der Waals surface area contributed by atoms with Gasteiger partial charge < -0.3 is 0 Å². The van der Waals surface area contributed by atoms with E-state index in [9.17, 15) is 13.0 Å². The Bertz CT molecular complexity index is 985. The number of halogens is 2. The maximum absolute atomic E-state index is 13.7. The van der Waals surface area contributed by atoms with Gasteiger partial charge in [0, 0.05) is 17.1 Å². The van der Waals surface area contributed by atoms with Crippen molar-refractivity contribution in [1.82, 2.24) is 3.97 Å². The molecular weight excluding hydrogens is 330 g/mol. The van der Waals surface area contributed by atoms with Crippen LogP contribution in [0.4, 0.5) is 8.78 Å². The smallest absolute Gasteiger partial charge is 0.262 e. The fourth-order valence-corrected chi connectivity index (χ4v) is 3.71. The fourth-order valence-electron chi connectivity index (χ4n) is 2.53. The number of fused-ring (bicyclic) bond motifs is 1. The molecule has 6 heteroatoms. The van der Waals surface area contributed by atoms with Crippen molar-refractivity contribution in [3.05, 3.63) is 65.4 Å². The summed E-state index contributed by atoms with van der Waals surface area (Å²) in [6.45, 7) is 3.76. The molecule has 1 heterocycles. The summed E-state index contributed by atoms with van der Waals surface area (Å²) in [7, 11) is -1.56. The predicted octanol–water partition coefficient (Wildman–Crippen LogP) is 4.44. The van der Waals surface area contributed by atoms with Crippen LogP contribution in [0.2, 0.25) is 0 Å². The fraction of sp³-hybridized carbons (Fsp3) is 0.167. The molecule has 3 rings (SSSR count). The summed E-state index contributed by atoms with van der Waals surface area (Å²) in [6.07, 6.45) is 1.68. The second-order valence-corrected chi connectivity index (χ2v) is 6.98. The summed E-state index contributed by atoms with van der Waals surface area (Å²) in [4.78, 5) is 0.579. The first kappa shape index (κ1) is 16.3. The Morgan fingerprint density at radius 2 is 1.79 bits per heavy atom. The quantitative estimate of drug-likeness (QED) is 0.705. The van der Waals surface area contributed by atoms with E-state index < -0.39 is 22.5 Å². The van der Waals surface area contributed by atoms with E-state index in [-0.39, 0.29) is 0 Å². The van der Waals surface area contributed by atoms with E-state index in [1.54, 1.807) is 18.3 Å². The van der Waals surface area contributed by atoms with Crippen LogP contribution >= 0.6 is 0 Å². The van der Waals surface area contributed by atoms with Crippen molar-refractivity contribution in [3.63, 3.8) is 0 Å². The lowest BCUT2D eigenvalue weighted by Gasteiger charge is -2.10. The van der Waals surface area contributed by atoms with Gasteiger partial charge in [-0.2, -0.15) is 14.0 Å². The zero-order valence-corrected chi connectivity index (χ0v) is 13.9. The van der Waals surface area contributed by atoms with Gasteiger partial charge in [-0.05, 0) is 37.6 Å². The molecule has 1 aromatic heterocycles. The van der Waals surface area contributed by atoms with E-state index in [2.05, 4.69) is 0 Å². The number of nitriles is 1. The summed E-state index contributed by atoms with van der Waals surface area (Å²) in [6, 6.07) is 12.2. The molecule has 122 valence electrons. The lowest BCUT2D eigenvalue weighted by Crippen LogP contribution is -2.10. The van der Waals surface area contributed by atoms with Crippen molar-refractivity contribution < 1.29 is 13.0 Å². The third-order valence-corrected chi connectivity index (χ3v) is 5.21. The van der Waals surface area contributed by atoms with Crippen molar-refractivity contribution in [1.29, 1.82) is 5.26 Å². The summed E-state index contributed by atoms with van der Waals surface area (Å²) in [5.74, 6) is -3.58. The number of rotatable bonds is 3. The van der Waals surface area contributed by atoms with Crippen LogP contribution in [0.25, 0.3) is 10.9 Å². The average molecular weight is 344 g/mol. The zero-order chi connectivity index (χ0) is 17.5. The molecule has 0 fully saturated rings. The standard InChI is InChI=1S/C18H14F2N2OS/c1-12-3-6-15(7-4-12)24(23)22-10-13(2)16-8-5-14(9-17(16)22)18(19,20)11-21/h3-10H,1-2H3. The molecule has 0 saturated heterocycles. The molecule has 0 N–H and O–H groups in total. The van der Waals surface area contributed by atoms with Crippen LogP contribution in [0.15, 0.2) is 53.6 Å². The first-order valence-corrected chi connectivity index (χ1v) is 8.34. The van der Waals surface area contributed by atoms with Crippen molar-refractivity contribution in [2.45, 2.75) is 24.7 Å². The molecular formula is C18H14F2N2OS. The van der Waals surface area contributed by atoms with E-state index in [1.807, 2.05) is 26.0 Å². The molecule has 1 atom stereocenters. The van der Waals surface area contributed by atoms with Gasteiger partial charge in [-0.1, -0.05) is 29.8 Å². The molecule has 0 aliphatic rings. The molecule has 3 nitrogen and oxygen atoms in total. The highest BCUT2D eigenvalue weighted by Gasteiger charge is 2.31. The van der Waals surface area contributed by atoms with Gasteiger partial charge in [-0.3, -0.25) is 3.97 Å². The van der Waals surface area contributed by atoms with Crippen molar-refractivity contribution in [2.75, 3.05) is 0 Å². The number of alkyl halides is 2. The number of aromatic nitrogens is 1. The van der Waals surface area contributed by atoms with Gasteiger partial charge in [0.15, 0.2) is 11.0 Å². The molecule has 0 aliphatic carbocycles. The Hall–Kier alpha value is -2.52. The van der Waals surface area contributed by atoms with Gasteiger partial charge in [0.25, 0.3) is 0 Å². The molecule has 0 saturated carbocycles. The van der Waals surface area contributed by atoms with E-state index in [0.717, 1.165) is 22.6 Å². The van der Waals surface area contributed by atoms with Gasteiger partial charge in [0.1, 0.15) is 6.07 Å². The van der Waals surface area contributed by atoms with E-state index in [0.29, 0.717) is 10.4 Å². The molecule has 0 bridgehead atoms. The van der Waals surface area contributed by atoms with Crippen LogP contribution in [-0.4, -0.2) is 8.18 Å². The lowest BCUT2D eigenvalue weighted by atomic mass is 10.1. The van der Waals surface area contributed by atoms with Crippen LogP contribution < -0.4 is 0 Å². The molecule has 24 heavy (non-hydrogen) atoms. The second-order valence-electron chi connectivity index (χ2n) is 5.62. The van der Waals surface area contributed by atoms with Crippen LogP contribution in [0, 0.1) is 25.2 Å². The lowest BCUT2D eigenvalue weighted by molar-refractivity contribution is 0.0614. The topological polar surface area (TPSA) is 45.8 Å². The second kappa shape index (κ2) is 5.84. The summed E-state index contributed by atoms with van der Waals surface area (Å²) in [5.41, 5.74) is 1.88. The Morgan fingerprint density at radius 3 is 2.42 bits per heavy atom. The van der Waals surface area contributed by atoms with Crippen LogP contribution in [0.5, 0.6) is 0 Å². The average Bonchev–Trinajstić information content (AvgIpc) is 2.91. The molecule has 0 amide bonds. The third kappa shape index (κ3) is 2.72. The number of nitrogens with zero attached hydrogens (tertiary/aromatic N) is 2. The van der Waals surface area contributed by atoms with Crippen molar-refractivity contribution in [3.8, 4) is 6.07 Å². The summed E-state index contributed by atoms with van der Waals surface area (Å²) in [5, 5.41) is 9.37. The number of benzene rings is 2. The Morgan fingerprint density at radius 1 is 1.12 bits per heavy atom. The normalized spacial score (nSPS) is 13.0. The van der Waals surface area contributed by atoms with Gasteiger partial charge in [0.05, 0.1) is 10.4 Å². The van der Waals surface area contributed by atoms with E-state index in [1.165, 1.54) is 22.2 Å². The monoisotopic (exact) mass is 344 g/mol. The highest BCUT2D eigenvalue weighted by molar-refractivity contribution is 7.83. The predicted molar refractivity (Wildman–Crippen MR) is 89.2 cm³/mol. The molecule has 1 unspecified atom stereocenters. The van der Waals surface area contributed by atoms with Crippen LogP contribution in [0.1, 0.15) is 16.7 Å².